The van der Waals surface area contributed by atoms with Gasteiger partial charge in [0, 0.05) is 17.3 Å². The van der Waals surface area contributed by atoms with Gasteiger partial charge in [0.1, 0.15) is 5.56 Å². The SMILES string of the molecule is CCOC(=O)c1ccc2ncc(C(=O)OCC)c(Nc3ccccc3)c2c1. The average Bonchev–Trinajstić information content (AvgIpc) is 2.69. The van der Waals surface area contributed by atoms with E-state index in [1.165, 1.54) is 6.20 Å². The fourth-order valence-corrected chi connectivity index (χ4v) is 2.70. The number of hydrogen-bond donors (Lipinski definition) is 1. The zero-order valence-corrected chi connectivity index (χ0v) is 15.2. The maximum Gasteiger partial charge on any atom is 0.341 e. The molecule has 0 aliphatic heterocycles. The van der Waals surface area contributed by atoms with Gasteiger partial charge in [-0.3, -0.25) is 4.98 Å². The fraction of sp³-hybridized carbons (Fsp3) is 0.190. The Morgan fingerprint density at radius 1 is 0.963 bits per heavy atom. The Hall–Kier alpha value is -3.41. The van der Waals surface area contributed by atoms with Crippen molar-refractivity contribution >= 4 is 34.2 Å². The number of para-hydroxylation sites is 1. The summed E-state index contributed by atoms with van der Waals surface area (Å²) in [5.74, 6) is -0.904. The molecule has 2 aromatic carbocycles. The summed E-state index contributed by atoms with van der Waals surface area (Å²) in [5.41, 5.74) is 2.68. The highest BCUT2D eigenvalue weighted by atomic mass is 16.5. The third kappa shape index (κ3) is 4.06. The molecule has 6 nitrogen and oxygen atoms in total. The van der Waals surface area contributed by atoms with E-state index in [0.717, 1.165) is 5.69 Å². The van der Waals surface area contributed by atoms with Crippen molar-refractivity contribution in [3.8, 4) is 0 Å². The first-order valence-corrected chi connectivity index (χ1v) is 8.73. The van der Waals surface area contributed by atoms with E-state index in [1.54, 1.807) is 32.0 Å². The van der Waals surface area contributed by atoms with Crippen LogP contribution in [0.5, 0.6) is 0 Å². The first kappa shape index (κ1) is 18.4. The number of fused-ring (bicyclic) bond motifs is 1. The summed E-state index contributed by atoms with van der Waals surface area (Å²) in [4.78, 5) is 28.9. The van der Waals surface area contributed by atoms with Crippen LogP contribution >= 0.6 is 0 Å². The quantitative estimate of drug-likeness (QED) is 0.656. The van der Waals surface area contributed by atoms with Crippen molar-refractivity contribution in [3.05, 3.63) is 65.9 Å². The van der Waals surface area contributed by atoms with Crippen LogP contribution in [-0.4, -0.2) is 30.1 Å². The van der Waals surface area contributed by atoms with Gasteiger partial charge in [-0.05, 0) is 44.2 Å². The zero-order chi connectivity index (χ0) is 19.2. The van der Waals surface area contributed by atoms with Gasteiger partial charge in [0.05, 0.1) is 30.0 Å². The van der Waals surface area contributed by atoms with Gasteiger partial charge in [0.25, 0.3) is 0 Å². The summed E-state index contributed by atoms with van der Waals surface area (Å²) >= 11 is 0. The molecule has 0 saturated carbocycles. The van der Waals surface area contributed by atoms with Crippen molar-refractivity contribution in [1.82, 2.24) is 4.98 Å². The van der Waals surface area contributed by atoms with Crippen molar-refractivity contribution in [2.24, 2.45) is 0 Å². The zero-order valence-electron chi connectivity index (χ0n) is 15.2. The number of aromatic nitrogens is 1. The Morgan fingerprint density at radius 2 is 1.67 bits per heavy atom. The van der Waals surface area contributed by atoms with Gasteiger partial charge in [-0.2, -0.15) is 0 Å². The van der Waals surface area contributed by atoms with Crippen molar-refractivity contribution in [1.29, 1.82) is 0 Å². The number of carbonyl (C=O) groups excluding carboxylic acids is 2. The Labute approximate surface area is 157 Å². The highest BCUT2D eigenvalue weighted by Gasteiger charge is 2.18. The Kier molecular flexibility index (Phi) is 5.66. The summed E-state index contributed by atoms with van der Waals surface area (Å²) in [6.45, 7) is 4.04. The van der Waals surface area contributed by atoms with Gasteiger partial charge in [0.15, 0.2) is 0 Å². The molecule has 1 aromatic heterocycles. The number of ether oxygens (including phenoxy) is 2. The second-order valence-electron chi connectivity index (χ2n) is 5.71. The van der Waals surface area contributed by atoms with Gasteiger partial charge >= 0.3 is 11.9 Å². The number of esters is 2. The fourth-order valence-electron chi connectivity index (χ4n) is 2.70. The number of nitrogens with zero attached hydrogens (tertiary/aromatic N) is 1. The largest absolute Gasteiger partial charge is 0.462 e. The van der Waals surface area contributed by atoms with Crippen LogP contribution in [0.2, 0.25) is 0 Å². The normalized spacial score (nSPS) is 10.4. The second-order valence-corrected chi connectivity index (χ2v) is 5.71. The number of benzene rings is 2. The molecule has 1 N–H and O–H groups in total. The molecular weight excluding hydrogens is 344 g/mol. The van der Waals surface area contributed by atoms with Crippen molar-refractivity contribution in [2.45, 2.75) is 13.8 Å². The number of carbonyl (C=O) groups is 2. The van der Waals surface area contributed by atoms with E-state index in [9.17, 15) is 9.59 Å². The molecule has 3 aromatic rings. The summed E-state index contributed by atoms with van der Waals surface area (Å²) in [6.07, 6.45) is 1.48. The first-order chi connectivity index (χ1) is 13.1. The molecule has 138 valence electrons. The third-order valence-corrected chi connectivity index (χ3v) is 3.92. The topological polar surface area (TPSA) is 77.5 Å². The molecule has 0 unspecified atom stereocenters. The van der Waals surface area contributed by atoms with Gasteiger partial charge in [-0.1, -0.05) is 18.2 Å². The van der Waals surface area contributed by atoms with Crippen molar-refractivity contribution < 1.29 is 19.1 Å². The molecule has 1 heterocycles. The summed E-state index contributed by atoms with van der Waals surface area (Å²) in [5, 5.41) is 3.89. The van der Waals surface area contributed by atoms with E-state index >= 15 is 0 Å². The number of anilines is 2. The number of pyridine rings is 1. The van der Waals surface area contributed by atoms with Crippen LogP contribution in [0.25, 0.3) is 10.9 Å². The van der Waals surface area contributed by atoms with E-state index in [1.807, 2.05) is 30.3 Å². The third-order valence-electron chi connectivity index (χ3n) is 3.92. The van der Waals surface area contributed by atoms with E-state index in [-0.39, 0.29) is 13.2 Å². The molecule has 27 heavy (non-hydrogen) atoms. The summed E-state index contributed by atoms with van der Waals surface area (Å²) in [6, 6.07) is 14.5. The minimum absolute atomic E-state index is 0.254. The molecule has 0 aliphatic carbocycles. The minimum atomic E-state index is -0.480. The summed E-state index contributed by atoms with van der Waals surface area (Å²) < 4.78 is 10.2. The predicted octanol–water partition coefficient (Wildman–Crippen LogP) is 4.33. The highest BCUT2D eigenvalue weighted by molar-refractivity contribution is 6.07. The summed E-state index contributed by atoms with van der Waals surface area (Å²) in [7, 11) is 0. The molecule has 3 rings (SSSR count). The van der Waals surface area contributed by atoms with Crippen LogP contribution in [-0.2, 0) is 9.47 Å². The van der Waals surface area contributed by atoms with Crippen LogP contribution in [0.4, 0.5) is 11.4 Å². The molecule has 0 aliphatic rings. The van der Waals surface area contributed by atoms with Gasteiger partial charge in [-0.25, -0.2) is 9.59 Å². The van der Waals surface area contributed by atoms with Crippen LogP contribution in [0, 0.1) is 0 Å². The molecule has 0 fully saturated rings. The monoisotopic (exact) mass is 364 g/mol. The van der Waals surface area contributed by atoms with Crippen molar-refractivity contribution in [2.75, 3.05) is 18.5 Å². The van der Waals surface area contributed by atoms with Crippen LogP contribution in [0.1, 0.15) is 34.6 Å². The standard InChI is InChI=1S/C21H20N2O4/c1-3-26-20(24)14-10-11-18-16(12-14)19(23-15-8-6-5-7-9-15)17(13-22-18)21(25)27-4-2/h5-13H,3-4H2,1-2H3,(H,22,23). The van der Waals surface area contributed by atoms with Crippen LogP contribution < -0.4 is 5.32 Å². The van der Waals surface area contributed by atoms with Crippen LogP contribution in [0.15, 0.2) is 54.7 Å². The molecule has 0 atom stereocenters. The van der Waals surface area contributed by atoms with Crippen molar-refractivity contribution in [3.63, 3.8) is 0 Å². The van der Waals surface area contributed by atoms with Gasteiger partial charge < -0.3 is 14.8 Å². The first-order valence-electron chi connectivity index (χ1n) is 8.73. The smallest absolute Gasteiger partial charge is 0.341 e. The minimum Gasteiger partial charge on any atom is -0.462 e. The van der Waals surface area contributed by atoms with Crippen LogP contribution in [0.3, 0.4) is 0 Å². The molecule has 0 radical (unpaired) electrons. The van der Waals surface area contributed by atoms with E-state index in [2.05, 4.69) is 10.3 Å². The number of rotatable bonds is 6. The number of nitrogens with one attached hydrogen (secondary N) is 1. The average molecular weight is 364 g/mol. The van der Waals surface area contributed by atoms with Gasteiger partial charge in [-0.15, -0.1) is 0 Å². The predicted molar refractivity (Wildman–Crippen MR) is 103 cm³/mol. The maximum absolute atomic E-state index is 12.4. The Bertz CT molecular complexity index is 965. The maximum atomic E-state index is 12.4. The lowest BCUT2D eigenvalue weighted by atomic mass is 10.1. The molecule has 0 saturated heterocycles. The lowest BCUT2D eigenvalue weighted by Crippen LogP contribution is -2.10. The lowest BCUT2D eigenvalue weighted by molar-refractivity contribution is 0.0518. The van der Waals surface area contributed by atoms with E-state index in [0.29, 0.717) is 27.7 Å². The molecule has 0 spiro atoms. The van der Waals surface area contributed by atoms with Gasteiger partial charge in [0.2, 0.25) is 0 Å². The lowest BCUT2D eigenvalue weighted by Gasteiger charge is -2.15. The molecular formula is C21H20N2O4. The molecule has 0 bridgehead atoms. The Morgan fingerprint density at radius 3 is 2.37 bits per heavy atom. The van der Waals surface area contributed by atoms with E-state index in [4.69, 9.17) is 9.47 Å². The number of hydrogen-bond acceptors (Lipinski definition) is 6. The second kappa shape index (κ2) is 8.31. The molecule has 6 heteroatoms. The Balaban J connectivity index is 2.17. The van der Waals surface area contributed by atoms with E-state index < -0.39 is 11.9 Å². The molecule has 0 amide bonds. The highest BCUT2D eigenvalue weighted by Crippen LogP contribution is 2.30.